The van der Waals surface area contributed by atoms with E-state index in [2.05, 4.69) is 41.2 Å². The Balaban J connectivity index is 0.00000312. The predicted octanol–water partition coefficient (Wildman–Crippen LogP) is 3.35. The molecule has 5 nitrogen and oxygen atoms in total. The Morgan fingerprint density at radius 3 is 2.64 bits per heavy atom. The summed E-state index contributed by atoms with van der Waals surface area (Å²) in [5.74, 6) is 3.01. The fraction of sp³-hybridized carbons (Fsp3) is 0.632. The Bertz CT molecular complexity index is 520. The number of benzene rings is 1. The van der Waals surface area contributed by atoms with Gasteiger partial charge in [-0.3, -0.25) is 4.99 Å². The summed E-state index contributed by atoms with van der Waals surface area (Å²) in [6.45, 7) is 8.61. The minimum atomic E-state index is 0. The van der Waals surface area contributed by atoms with Crippen LogP contribution in [0.15, 0.2) is 29.3 Å². The number of likely N-dealkylation sites (tertiary alicyclic amines) is 1. The van der Waals surface area contributed by atoms with Gasteiger partial charge in [-0.15, -0.1) is 24.0 Å². The molecule has 1 N–H and O–H groups in total. The molecule has 1 aromatic rings. The van der Waals surface area contributed by atoms with Crippen LogP contribution < -0.4 is 10.1 Å². The summed E-state index contributed by atoms with van der Waals surface area (Å²) in [4.78, 5) is 6.67. The molecule has 1 atom stereocenters. The fourth-order valence-corrected chi connectivity index (χ4v) is 3.01. The lowest BCUT2D eigenvalue weighted by Crippen LogP contribution is -2.41. The summed E-state index contributed by atoms with van der Waals surface area (Å²) in [6.07, 6.45) is 1.16. The number of aliphatic imine (C=N–C) groups is 1. The lowest BCUT2D eigenvalue weighted by Gasteiger charge is -2.21. The first kappa shape index (κ1) is 22.0. The zero-order valence-electron chi connectivity index (χ0n) is 15.8. The molecule has 2 rings (SSSR count). The van der Waals surface area contributed by atoms with Gasteiger partial charge in [0.2, 0.25) is 0 Å². The third kappa shape index (κ3) is 7.01. The molecular formula is C19H32IN3O2. The molecule has 0 aliphatic carbocycles. The Morgan fingerprint density at radius 1 is 1.32 bits per heavy atom. The van der Waals surface area contributed by atoms with E-state index in [0.29, 0.717) is 18.4 Å². The van der Waals surface area contributed by atoms with Crippen molar-refractivity contribution in [2.75, 3.05) is 47.0 Å². The molecule has 1 saturated heterocycles. The van der Waals surface area contributed by atoms with Gasteiger partial charge < -0.3 is 19.7 Å². The van der Waals surface area contributed by atoms with Crippen LogP contribution in [0, 0.1) is 5.92 Å². The molecule has 142 valence electrons. The standard InChI is InChI=1S/C19H31N3O2.HI/c1-15(2)17-5-7-18(8-6-17)24-12-10-21-19(20-3)22-11-9-16(13-22)14-23-4;/h5-8,15-16H,9-14H2,1-4H3,(H,20,21);1H. The summed E-state index contributed by atoms with van der Waals surface area (Å²) >= 11 is 0. The topological polar surface area (TPSA) is 46.1 Å². The minimum absolute atomic E-state index is 0. The van der Waals surface area contributed by atoms with Gasteiger partial charge in [0.15, 0.2) is 5.96 Å². The van der Waals surface area contributed by atoms with E-state index in [1.165, 1.54) is 5.56 Å². The highest BCUT2D eigenvalue weighted by Crippen LogP contribution is 2.18. The van der Waals surface area contributed by atoms with E-state index < -0.39 is 0 Å². The molecule has 1 aliphatic heterocycles. The van der Waals surface area contributed by atoms with Crippen LogP contribution in [0.25, 0.3) is 0 Å². The molecule has 25 heavy (non-hydrogen) atoms. The highest BCUT2D eigenvalue weighted by molar-refractivity contribution is 14.0. The van der Waals surface area contributed by atoms with Crippen molar-refractivity contribution in [1.29, 1.82) is 0 Å². The largest absolute Gasteiger partial charge is 0.492 e. The summed E-state index contributed by atoms with van der Waals surface area (Å²) in [7, 11) is 3.60. The average molecular weight is 461 g/mol. The first-order valence-corrected chi connectivity index (χ1v) is 8.81. The number of guanidine groups is 1. The van der Waals surface area contributed by atoms with E-state index in [4.69, 9.17) is 9.47 Å². The Hall–Kier alpha value is -1.02. The summed E-state index contributed by atoms with van der Waals surface area (Å²) < 4.78 is 11.1. The van der Waals surface area contributed by atoms with Crippen molar-refractivity contribution < 1.29 is 9.47 Å². The minimum Gasteiger partial charge on any atom is -0.492 e. The third-order valence-electron chi connectivity index (χ3n) is 4.40. The number of hydrogen-bond acceptors (Lipinski definition) is 3. The average Bonchev–Trinajstić information content (AvgIpc) is 3.04. The molecule has 1 fully saturated rings. The van der Waals surface area contributed by atoms with Gasteiger partial charge >= 0.3 is 0 Å². The molecule has 0 bridgehead atoms. The second-order valence-electron chi connectivity index (χ2n) is 6.60. The number of rotatable bonds is 7. The van der Waals surface area contributed by atoms with Crippen LogP contribution in [-0.2, 0) is 4.74 Å². The molecule has 1 unspecified atom stereocenters. The lowest BCUT2D eigenvalue weighted by atomic mass is 10.0. The van der Waals surface area contributed by atoms with Crippen LogP contribution in [0.1, 0.15) is 31.7 Å². The van der Waals surface area contributed by atoms with Crippen LogP contribution in [0.4, 0.5) is 0 Å². The number of nitrogens with zero attached hydrogens (tertiary/aromatic N) is 2. The highest BCUT2D eigenvalue weighted by Gasteiger charge is 2.24. The molecule has 1 aliphatic rings. The maximum Gasteiger partial charge on any atom is 0.193 e. The number of nitrogens with one attached hydrogen (secondary N) is 1. The number of halogens is 1. The van der Waals surface area contributed by atoms with Gasteiger partial charge in [-0.25, -0.2) is 0 Å². The van der Waals surface area contributed by atoms with Crippen LogP contribution in [0.5, 0.6) is 5.75 Å². The van der Waals surface area contributed by atoms with Crippen molar-refractivity contribution in [2.24, 2.45) is 10.9 Å². The molecule has 0 radical (unpaired) electrons. The smallest absolute Gasteiger partial charge is 0.193 e. The summed E-state index contributed by atoms with van der Waals surface area (Å²) in [6, 6.07) is 8.35. The van der Waals surface area contributed by atoms with E-state index in [0.717, 1.165) is 44.4 Å². The second kappa shape index (κ2) is 11.6. The first-order chi connectivity index (χ1) is 11.6. The predicted molar refractivity (Wildman–Crippen MR) is 114 cm³/mol. The molecule has 0 spiro atoms. The Labute approximate surface area is 169 Å². The van der Waals surface area contributed by atoms with Crippen molar-refractivity contribution in [3.8, 4) is 5.75 Å². The quantitative estimate of drug-likeness (QED) is 0.293. The summed E-state index contributed by atoms with van der Waals surface area (Å²) in [5.41, 5.74) is 1.33. The monoisotopic (exact) mass is 461 g/mol. The van der Waals surface area contributed by atoms with E-state index in [-0.39, 0.29) is 24.0 Å². The highest BCUT2D eigenvalue weighted by atomic mass is 127. The van der Waals surface area contributed by atoms with Gasteiger partial charge in [0.1, 0.15) is 12.4 Å². The van der Waals surface area contributed by atoms with Gasteiger partial charge in [0.25, 0.3) is 0 Å². The van der Waals surface area contributed by atoms with Crippen molar-refractivity contribution >= 4 is 29.9 Å². The van der Waals surface area contributed by atoms with E-state index in [9.17, 15) is 0 Å². The number of hydrogen-bond donors (Lipinski definition) is 1. The Morgan fingerprint density at radius 2 is 2.04 bits per heavy atom. The van der Waals surface area contributed by atoms with Crippen LogP contribution in [-0.4, -0.2) is 57.9 Å². The van der Waals surface area contributed by atoms with E-state index >= 15 is 0 Å². The molecule has 0 saturated carbocycles. The number of methoxy groups -OCH3 is 1. The van der Waals surface area contributed by atoms with Crippen molar-refractivity contribution in [3.63, 3.8) is 0 Å². The molecule has 1 aromatic carbocycles. The van der Waals surface area contributed by atoms with Crippen LogP contribution in [0.3, 0.4) is 0 Å². The SMILES string of the molecule is CN=C(NCCOc1ccc(C(C)C)cc1)N1CCC(COC)C1.I. The fourth-order valence-electron chi connectivity index (χ4n) is 3.01. The van der Waals surface area contributed by atoms with Crippen molar-refractivity contribution in [1.82, 2.24) is 10.2 Å². The Kier molecular flexibility index (Phi) is 10.2. The molecule has 0 aromatic heterocycles. The third-order valence-corrected chi connectivity index (χ3v) is 4.40. The molecule has 0 amide bonds. The molecule has 1 heterocycles. The maximum absolute atomic E-state index is 5.80. The normalized spacial score (nSPS) is 17.6. The van der Waals surface area contributed by atoms with Gasteiger partial charge in [-0.2, -0.15) is 0 Å². The van der Waals surface area contributed by atoms with Crippen molar-refractivity contribution in [3.05, 3.63) is 29.8 Å². The zero-order valence-corrected chi connectivity index (χ0v) is 18.2. The number of ether oxygens (including phenoxy) is 2. The molecule has 6 heteroatoms. The van der Waals surface area contributed by atoms with Gasteiger partial charge in [0.05, 0.1) is 13.2 Å². The van der Waals surface area contributed by atoms with Crippen LogP contribution in [0.2, 0.25) is 0 Å². The van der Waals surface area contributed by atoms with Gasteiger partial charge in [-0.05, 0) is 30.0 Å². The summed E-state index contributed by atoms with van der Waals surface area (Å²) in [5, 5.41) is 3.38. The zero-order chi connectivity index (χ0) is 17.4. The second-order valence-corrected chi connectivity index (χ2v) is 6.60. The van der Waals surface area contributed by atoms with Gasteiger partial charge in [0, 0.05) is 33.2 Å². The first-order valence-electron chi connectivity index (χ1n) is 8.81. The maximum atomic E-state index is 5.80. The van der Waals surface area contributed by atoms with Crippen LogP contribution >= 0.6 is 24.0 Å². The lowest BCUT2D eigenvalue weighted by molar-refractivity contribution is 0.157. The van der Waals surface area contributed by atoms with E-state index in [1.807, 2.05) is 19.2 Å². The molecular weight excluding hydrogens is 429 g/mol. The van der Waals surface area contributed by atoms with Crippen molar-refractivity contribution in [2.45, 2.75) is 26.2 Å². The van der Waals surface area contributed by atoms with Gasteiger partial charge in [-0.1, -0.05) is 26.0 Å². The van der Waals surface area contributed by atoms with E-state index in [1.54, 1.807) is 7.11 Å².